The normalized spacial score (nSPS) is 15.4. The molecular formula is C15H19FN2O. The fourth-order valence-corrected chi connectivity index (χ4v) is 2.60. The lowest BCUT2D eigenvalue weighted by molar-refractivity contribution is 0.0706. The summed E-state index contributed by atoms with van der Waals surface area (Å²) in [6, 6.07) is 4.39. The lowest BCUT2D eigenvalue weighted by Gasteiger charge is -2.28. The lowest BCUT2D eigenvalue weighted by Crippen LogP contribution is -2.39. The van der Waals surface area contributed by atoms with E-state index in [9.17, 15) is 9.18 Å². The summed E-state index contributed by atoms with van der Waals surface area (Å²) in [7, 11) is 0. The average Bonchev–Trinajstić information content (AvgIpc) is 2.92. The Morgan fingerprint density at radius 3 is 2.74 bits per heavy atom. The molecule has 0 aliphatic heterocycles. The number of nitrogen functional groups attached to an aromatic ring is 1. The third-order valence-electron chi connectivity index (χ3n) is 3.60. The Bertz CT molecular complexity index is 481. The van der Waals surface area contributed by atoms with Gasteiger partial charge in [-0.15, -0.1) is 6.58 Å². The molecule has 1 aliphatic carbocycles. The monoisotopic (exact) mass is 262 g/mol. The van der Waals surface area contributed by atoms with Gasteiger partial charge in [0.2, 0.25) is 0 Å². The van der Waals surface area contributed by atoms with E-state index in [-0.39, 0.29) is 17.6 Å². The highest BCUT2D eigenvalue weighted by atomic mass is 19.1. The van der Waals surface area contributed by atoms with Crippen LogP contribution in [0, 0.1) is 5.82 Å². The summed E-state index contributed by atoms with van der Waals surface area (Å²) < 4.78 is 13.1. The first-order valence-corrected chi connectivity index (χ1v) is 6.60. The van der Waals surface area contributed by atoms with Crippen molar-refractivity contribution >= 4 is 11.6 Å². The van der Waals surface area contributed by atoms with Gasteiger partial charge in [0.25, 0.3) is 5.91 Å². The fourth-order valence-electron chi connectivity index (χ4n) is 2.60. The summed E-state index contributed by atoms with van der Waals surface area (Å²) in [6.07, 6.45) is 6.07. The number of benzene rings is 1. The molecule has 0 saturated heterocycles. The lowest BCUT2D eigenvalue weighted by atomic mass is 10.1. The van der Waals surface area contributed by atoms with Gasteiger partial charge >= 0.3 is 0 Å². The minimum absolute atomic E-state index is 0.0100. The first-order valence-electron chi connectivity index (χ1n) is 6.60. The first kappa shape index (κ1) is 13.6. The number of hydrogen-bond donors (Lipinski definition) is 1. The van der Waals surface area contributed by atoms with Crippen LogP contribution in [0.3, 0.4) is 0 Å². The number of hydrogen-bond acceptors (Lipinski definition) is 2. The summed E-state index contributed by atoms with van der Waals surface area (Å²) in [4.78, 5) is 14.3. The van der Waals surface area contributed by atoms with Crippen molar-refractivity contribution in [2.45, 2.75) is 31.7 Å². The number of rotatable bonds is 4. The predicted molar refractivity (Wildman–Crippen MR) is 74.3 cm³/mol. The largest absolute Gasteiger partial charge is 0.396 e. The van der Waals surface area contributed by atoms with Crippen LogP contribution < -0.4 is 5.73 Å². The van der Waals surface area contributed by atoms with Crippen molar-refractivity contribution < 1.29 is 9.18 Å². The number of carbonyl (C=O) groups is 1. The van der Waals surface area contributed by atoms with Gasteiger partial charge in [0, 0.05) is 18.2 Å². The van der Waals surface area contributed by atoms with Crippen molar-refractivity contribution in [3.05, 3.63) is 42.2 Å². The summed E-state index contributed by atoms with van der Waals surface area (Å²) >= 11 is 0. The van der Waals surface area contributed by atoms with Gasteiger partial charge in [-0.3, -0.25) is 4.79 Å². The van der Waals surface area contributed by atoms with Crippen LogP contribution in [0.25, 0.3) is 0 Å². The first-order chi connectivity index (χ1) is 9.13. The molecule has 102 valence electrons. The predicted octanol–water partition coefficient (Wildman–Crippen LogP) is 2.98. The second kappa shape index (κ2) is 5.87. The molecule has 19 heavy (non-hydrogen) atoms. The van der Waals surface area contributed by atoms with Crippen molar-refractivity contribution in [1.29, 1.82) is 0 Å². The fraction of sp³-hybridized carbons (Fsp3) is 0.400. The Morgan fingerprint density at radius 1 is 1.47 bits per heavy atom. The Kier molecular flexibility index (Phi) is 4.20. The van der Waals surface area contributed by atoms with E-state index in [0.29, 0.717) is 12.1 Å². The van der Waals surface area contributed by atoms with E-state index >= 15 is 0 Å². The Labute approximate surface area is 112 Å². The SMILES string of the molecule is C=CCN(C(=O)c1ccc(F)c(N)c1)C1CCCC1. The van der Waals surface area contributed by atoms with Gasteiger partial charge in [-0.05, 0) is 31.0 Å². The van der Waals surface area contributed by atoms with Gasteiger partial charge in [0.15, 0.2) is 0 Å². The molecular weight excluding hydrogens is 243 g/mol. The van der Waals surface area contributed by atoms with Gasteiger partial charge < -0.3 is 10.6 Å². The molecule has 4 heteroatoms. The standard InChI is InChI=1S/C15H19FN2O/c1-2-9-18(12-5-3-4-6-12)15(19)11-7-8-13(16)14(17)10-11/h2,7-8,10,12H,1,3-6,9,17H2. The highest BCUT2D eigenvalue weighted by Gasteiger charge is 2.26. The molecule has 1 aliphatic rings. The number of halogens is 1. The number of nitrogens with zero attached hydrogens (tertiary/aromatic N) is 1. The summed E-state index contributed by atoms with van der Waals surface area (Å²) in [5, 5.41) is 0. The van der Waals surface area contributed by atoms with Crippen molar-refractivity contribution in [2.75, 3.05) is 12.3 Å². The van der Waals surface area contributed by atoms with E-state index in [2.05, 4.69) is 6.58 Å². The molecule has 1 aromatic rings. The topological polar surface area (TPSA) is 46.3 Å². The summed E-state index contributed by atoms with van der Waals surface area (Å²) in [5.74, 6) is -0.591. The van der Waals surface area contributed by atoms with Crippen LogP contribution in [0.1, 0.15) is 36.0 Å². The molecule has 2 N–H and O–H groups in total. The van der Waals surface area contributed by atoms with Crippen molar-refractivity contribution in [3.8, 4) is 0 Å². The smallest absolute Gasteiger partial charge is 0.254 e. The van der Waals surface area contributed by atoms with Crippen LogP contribution in [0.15, 0.2) is 30.9 Å². The second-order valence-corrected chi connectivity index (χ2v) is 4.92. The van der Waals surface area contributed by atoms with Crippen molar-refractivity contribution in [2.24, 2.45) is 0 Å². The zero-order valence-electron chi connectivity index (χ0n) is 10.9. The van der Waals surface area contributed by atoms with Gasteiger partial charge in [-0.1, -0.05) is 18.9 Å². The van der Waals surface area contributed by atoms with Gasteiger partial charge in [-0.25, -0.2) is 4.39 Å². The minimum atomic E-state index is -0.493. The number of nitrogens with two attached hydrogens (primary N) is 1. The molecule has 0 atom stereocenters. The van der Waals surface area contributed by atoms with Crippen LogP contribution in [-0.2, 0) is 0 Å². The Balaban J connectivity index is 2.22. The molecule has 0 bridgehead atoms. The van der Waals surface area contributed by atoms with Crippen LogP contribution in [0.2, 0.25) is 0 Å². The molecule has 0 unspecified atom stereocenters. The van der Waals surface area contributed by atoms with Crippen LogP contribution in [0.5, 0.6) is 0 Å². The number of carbonyl (C=O) groups excluding carboxylic acids is 1. The highest BCUT2D eigenvalue weighted by molar-refractivity contribution is 5.95. The molecule has 0 heterocycles. The van der Waals surface area contributed by atoms with E-state index in [1.807, 2.05) is 4.90 Å². The number of anilines is 1. The maximum Gasteiger partial charge on any atom is 0.254 e. The van der Waals surface area contributed by atoms with Crippen molar-refractivity contribution in [3.63, 3.8) is 0 Å². The zero-order valence-corrected chi connectivity index (χ0v) is 10.9. The third kappa shape index (κ3) is 2.95. The summed E-state index contributed by atoms with van der Waals surface area (Å²) in [5.41, 5.74) is 5.97. The van der Waals surface area contributed by atoms with E-state index in [0.717, 1.165) is 25.7 Å². The van der Waals surface area contributed by atoms with E-state index in [4.69, 9.17) is 5.73 Å². The maximum absolute atomic E-state index is 13.1. The molecule has 1 fully saturated rings. The third-order valence-corrected chi connectivity index (χ3v) is 3.60. The average molecular weight is 262 g/mol. The molecule has 2 rings (SSSR count). The Hall–Kier alpha value is -1.84. The minimum Gasteiger partial charge on any atom is -0.396 e. The van der Waals surface area contributed by atoms with E-state index in [1.54, 1.807) is 6.08 Å². The van der Waals surface area contributed by atoms with Gasteiger partial charge in [-0.2, -0.15) is 0 Å². The molecule has 3 nitrogen and oxygen atoms in total. The molecule has 0 spiro atoms. The van der Waals surface area contributed by atoms with Crippen LogP contribution in [0.4, 0.5) is 10.1 Å². The molecule has 1 saturated carbocycles. The van der Waals surface area contributed by atoms with Crippen molar-refractivity contribution in [1.82, 2.24) is 4.90 Å². The molecule has 1 aromatic carbocycles. The Morgan fingerprint density at radius 2 is 2.16 bits per heavy atom. The molecule has 0 aromatic heterocycles. The second-order valence-electron chi connectivity index (χ2n) is 4.92. The zero-order chi connectivity index (χ0) is 13.8. The maximum atomic E-state index is 13.1. The van der Waals surface area contributed by atoms with Crippen LogP contribution >= 0.6 is 0 Å². The van der Waals surface area contributed by atoms with Gasteiger partial charge in [0.05, 0.1) is 5.69 Å². The molecule has 0 radical (unpaired) electrons. The van der Waals surface area contributed by atoms with E-state index in [1.165, 1.54) is 18.2 Å². The number of amides is 1. The van der Waals surface area contributed by atoms with E-state index < -0.39 is 5.82 Å². The summed E-state index contributed by atoms with van der Waals surface area (Å²) in [6.45, 7) is 4.22. The van der Waals surface area contributed by atoms with Gasteiger partial charge in [0.1, 0.15) is 5.82 Å². The quantitative estimate of drug-likeness (QED) is 0.669. The highest BCUT2D eigenvalue weighted by Crippen LogP contribution is 2.25. The molecule has 1 amide bonds. The van der Waals surface area contributed by atoms with Crippen LogP contribution in [-0.4, -0.2) is 23.4 Å².